The summed E-state index contributed by atoms with van der Waals surface area (Å²) < 4.78 is 14.4. The van der Waals surface area contributed by atoms with Crippen LogP contribution >= 0.6 is 22.9 Å². The summed E-state index contributed by atoms with van der Waals surface area (Å²) in [5.74, 6) is 0.409. The first-order valence-electron chi connectivity index (χ1n) is 10.5. The van der Waals surface area contributed by atoms with E-state index in [1.54, 1.807) is 22.8 Å². The molecule has 0 fully saturated rings. The average molecular weight is 499 g/mol. The normalized spacial score (nSPS) is 13.1. The highest BCUT2D eigenvalue weighted by Gasteiger charge is 2.16. The third kappa shape index (κ3) is 5.27. The van der Waals surface area contributed by atoms with Crippen molar-refractivity contribution in [2.45, 2.75) is 31.2 Å². The number of hydrogen-bond donors (Lipinski definition) is 1. The number of anilines is 1. The van der Waals surface area contributed by atoms with E-state index in [9.17, 15) is 13.8 Å². The summed E-state index contributed by atoms with van der Waals surface area (Å²) in [4.78, 5) is 26.0. The Balaban J connectivity index is 1.51. The maximum absolute atomic E-state index is 12.7. The molecule has 8 heteroatoms. The van der Waals surface area contributed by atoms with Crippen LogP contribution in [0.2, 0.25) is 5.02 Å². The van der Waals surface area contributed by atoms with Crippen LogP contribution < -0.4 is 10.2 Å². The number of benzene rings is 3. The summed E-state index contributed by atoms with van der Waals surface area (Å²) >= 11 is 7.28. The largest absolute Gasteiger partial charge is 0.326 e. The minimum atomic E-state index is -1.01. The standard InChI is InChI=1S/C25H23ClN2O3S2/c1-3-33(31)21-10-7-17(8-11-21)13-24(29)27-20-9-12-22-23(15-20)32-25(30)28(22)16(2)18-5-4-6-19(26)14-18/h4-12,14-16H,3,13H2,1-2H3,(H,27,29). The molecule has 4 rings (SSSR count). The molecule has 0 spiro atoms. The molecule has 0 aliphatic carbocycles. The molecule has 1 heterocycles. The summed E-state index contributed by atoms with van der Waals surface area (Å²) in [5.41, 5.74) is 3.25. The fourth-order valence-corrected chi connectivity index (χ4v) is 5.68. The van der Waals surface area contributed by atoms with E-state index in [2.05, 4.69) is 5.32 Å². The van der Waals surface area contributed by atoms with Crippen molar-refractivity contribution < 1.29 is 9.00 Å². The van der Waals surface area contributed by atoms with Gasteiger partial charge in [-0.3, -0.25) is 18.4 Å². The maximum atomic E-state index is 12.7. The molecule has 0 aliphatic heterocycles. The highest BCUT2D eigenvalue weighted by Crippen LogP contribution is 2.28. The third-order valence-electron chi connectivity index (χ3n) is 5.43. The van der Waals surface area contributed by atoms with E-state index in [4.69, 9.17) is 11.6 Å². The maximum Gasteiger partial charge on any atom is 0.308 e. The predicted octanol–water partition coefficient (Wildman–Crippen LogP) is 5.63. The Bertz CT molecular complexity index is 1390. The van der Waals surface area contributed by atoms with Gasteiger partial charge in [0.25, 0.3) is 0 Å². The number of aromatic nitrogens is 1. The summed E-state index contributed by atoms with van der Waals surface area (Å²) in [6.45, 7) is 3.84. The summed E-state index contributed by atoms with van der Waals surface area (Å²) in [5, 5.41) is 3.54. The van der Waals surface area contributed by atoms with Gasteiger partial charge in [-0.2, -0.15) is 0 Å². The van der Waals surface area contributed by atoms with E-state index in [0.717, 1.165) is 37.6 Å². The van der Waals surface area contributed by atoms with Gasteiger partial charge in [0.2, 0.25) is 5.91 Å². The van der Waals surface area contributed by atoms with Crippen LogP contribution in [-0.2, 0) is 22.0 Å². The Morgan fingerprint density at radius 1 is 1.12 bits per heavy atom. The molecule has 0 saturated heterocycles. The van der Waals surface area contributed by atoms with E-state index in [-0.39, 0.29) is 23.2 Å². The van der Waals surface area contributed by atoms with Crippen molar-refractivity contribution in [1.29, 1.82) is 0 Å². The SMILES string of the molecule is CCS(=O)c1ccc(CC(=O)Nc2ccc3c(c2)sc(=O)n3C(C)c2cccc(Cl)c2)cc1. The molecule has 1 N–H and O–H groups in total. The number of rotatable bonds is 7. The number of hydrogen-bond acceptors (Lipinski definition) is 4. The van der Waals surface area contributed by atoms with Crippen molar-refractivity contribution in [3.63, 3.8) is 0 Å². The third-order valence-corrected chi connectivity index (χ3v) is 7.90. The molecule has 0 saturated carbocycles. The lowest BCUT2D eigenvalue weighted by Crippen LogP contribution is -2.18. The van der Waals surface area contributed by atoms with Crippen LogP contribution in [-0.4, -0.2) is 20.4 Å². The first kappa shape index (κ1) is 23.4. The number of nitrogens with one attached hydrogen (secondary N) is 1. The summed E-state index contributed by atoms with van der Waals surface area (Å²) in [6.07, 6.45) is 0.208. The first-order valence-corrected chi connectivity index (χ1v) is 13.0. The average Bonchev–Trinajstić information content (AvgIpc) is 3.13. The van der Waals surface area contributed by atoms with Gasteiger partial charge in [0, 0.05) is 21.4 Å². The number of carbonyl (C=O) groups is 1. The molecule has 33 heavy (non-hydrogen) atoms. The molecule has 2 atom stereocenters. The zero-order valence-electron chi connectivity index (χ0n) is 18.2. The van der Waals surface area contributed by atoms with Crippen molar-refractivity contribution in [2.75, 3.05) is 11.1 Å². The van der Waals surface area contributed by atoms with E-state index in [1.165, 1.54) is 0 Å². The molecular weight excluding hydrogens is 476 g/mol. The topological polar surface area (TPSA) is 68.2 Å². The quantitative estimate of drug-likeness (QED) is 0.359. The molecule has 2 unspecified atom stereocenters. The monoisotopic (exact) mass is 498 g/mol. The molecule has 1 amide bonds. The van der Waals surface area contributed by atoms with Gasteiger partial charge in [0.05, 0.1) is 33.5 Å². The van der Waals surface area contributed by atoms with Crippen LogP contribution in [0.5, 0.6) is 0 Å². The lowest BCUT2D eigenvalue weighted by Gasteiger charge is -2.15. The molecule has 3 aromatic carbocycles. The lowest BCUT2D eigenvalue weighted by molar-refractivity contribution is -0.115. The molecule has 4 aromatic rings. The van der Waals surface area contributed by atoms with Crippen LogP contribution in [0.15, 0.2) is 76.4 Å². The van der Waals surface area contributed by atoms with Gasteiger partial charge in [0.1, 0.15) is 0 Å². The van der Waals surface area contributed by atoms with Crippen molar-refractivity contribution in [3.05, 3.63) is 92.5 Å². The van der Waals surface area contributed by atoms with Crippen LogP contribution in [0, 0.1) is 0 Å². The second-order valence-electron chi connectivity index (χ2n) is 7.65. The zero-order valence-corrected chi connectivity index (χ0v) is 20.6. The molecule has 5 nitrogen and oxygen atoms in total. The van der Waals surface area contributed by atoms with Gasteiger partial charge < -0.3 is 5.32 Å². The molecule has 0 aliphatic rings. The van der Waals surface area contributed by atoms with E-state index in [1.807, 2.05) is 62.4 Å². The van der Waals surface area contributed by atoms with Gasteiger partial charge in [-0.05, 0) is 60.5 Å². The van der Waals surface area contributed by atoms with Crippen molar-refractivity contribution in [1.82, 2.24) is 4.57 Å². The minimum Gasteiger partial charge on any atom is -0.326 e. The fourth-order valence-electron chi connectivity index (χ4n) is 3.71. The van der Waals surface area contributed by atoms with E-state index >= 15 is 0 Å². The first-order chi connectivity index (χ1) is 15.9. The van der Waals surface area contributed by atoms with Gasteiger partial charge >= 0.3 is 4.87 Å². The molecule has 1 aromatic heterocycles. The minimum absolute atomic E-state index is 0.0643. The smallest absolute Gasteiger partial charge is 0.308 e. The Morgan fingerprint density at radius 2 is 1.88 bits per heavy atom. The molecular formula is C25H23ClN2O3S2. The number of nitrogens with zero attached hydrogens (tertiary/aromatic N) is 1. The number of halogens is 1. The number of thiazole rings is 1. The second-order valence-corrected chi connectivity index (χ2v) is 10.8. The highest BCUT2D eigenvalue weighted by atomic mass is 35.5. The Kier molecular flexibility index (Phi) is 7.12. The predicted molar refractivity (Wildman–Crippen MR) is 137 cm³/mol. The Morgan fingerprint density at radius 3 is 2.58 bits per heavy atom. The van der Waals surface area contributed by atoms with Crippen LogP contribution in [0.25, 0.3) is 10.2 Å². The number of carbonyl (C=O) groups excluding carboxylic acids is 1. The van der Waals surface area contributed by atoms with Crippen molar-refractivity contribution in [3.8, 4) is 0 Å². The van der Waals surface area contributed by atoms with Crippen LogP contribution in [0.1, 0.15) is 31.0 Å². The molecule has 0 bridgehead atoms. The number of fused-ring (bicyclic) bond motifs is 1. The summed E-state index contributed by atoms with van der Waals surface area (Å²) in [7, 11) is -1.01. The number of amides is 1. The Labute approximate surface area is 203 Å². The van der Waals surface area contributed by atoms with Crippen molar-refractivity contribution in [2.24, 2.45) is 0 Å². The molecule has 170 valence electrons. The van der Waals surface area contributed by atoms with Gasteiger partial charge in [-0.15, -0.1) is 0 Å². The van der Waals surface area contributed by atoms with E-state index in [0.29, 0.717) is 16.5 Å². The van der Waals surface area contributed by atoms with Crippen molar-refractivity contribution >= 4 is 55.5 Å². The van der Waals surface area contributed by atoms with E-state index < -0.39 is 10.8 Å². The molecule has 0 radical (unpaired) electrons. The summed E-state index contributed by atoms with van der Waals surface area (Å²) in [6, 6.07) is 20.1. The van der Waals surface area contributed by atoms with Crippen LogP contribution in [0.3, 0.4) is 0 Å². The Hall–Kier alpha value is -2.74. The fraction of sp³-hybridized carbons (Fsp3) is 0.200. The highest BCUT2D eigenvalue weighted by molar-refractivity contribution is 7.85. The van der Waals surface area contributed by atoms with Gasteiger partial charge in [-0.25, -0.2) is 0 Å². The lowest BCUT2D eigenvalue weighted by atomic mass is 10.1. The van der Waals surface area contributed by atoms with Gasteiger partial charge in [-0.1, -0.05) is 54.1 Å². The second kappa shape index (κ2) is 10.0. The van der Waals surface area contributed by atoms with Crippen LogP contribution in [0.4, 0.5) is 5.69 Å². The van der Waals surface area contributed by atoms with Gasteiger partial charge in [0.15, 0.2) is 0 Å². The zero-order chi connectivity index (χ0) is 23.5.